The Bertz CT molecular complexity index is 435. The van der Waals surface area contributed by atoms with Crippen LogP contribution in [0.4, 0.5) is 4.79 Å². The molecule has 2 fully saturated rings. The summed E-state index contributed by atoms with van der Waals surface area (Å²) >= 11 is 0. The number of β-amino-alcohol motifs (C(OH)–C–C–N with tert-alkyl or cyclic N) is 1. The van der Waals surface area contributed by atoms with E-state index < -0.39 is 23.8 Å². The minimum Gasteiger partial charge on any atom is -0.444 e. The number of nitrogens with two attached hydrogens (primary N) is 1. The summed E-state index contributed by atoms with van der Waals surface area (Å²) in [6.07, 6.45) is 0.855. The lowest BCUT2D eigenvalue weighted by Gasteiger charge is -2.39. The number of likely N-dealkylation sites (tertiary alicyclic amines) is 2. The van der Waals surface area contributed by atoms with E-state index in [0.717, 1.165) is 0 Å². The van der Waals surface area contributed by atoms with Gasteiger partial charge in [-0.05, 0) is 40.0 Å². The van der Waals surface area contributed by atoms with Crippen molar-refractivity contribution in [1.82, 2.24) is 9.80 Å². The number of piperidine rings is 1. The van der Waals surface area contributed by atoms with Gasteiger partial charge in [0, 0.05) is 25.7 Å². The number of amides is 2. The van der Waals surface area contributed by atoms with Crippen LogP contribution in [0.3, 0.4) is 0 Å². The van der Waals surface area contributed by atoms with E-state index in [1.165, 1.54) is 4.90 Å². The van der Waals surface area contributed by atoms with Crippen LogP contribution in [-0.4, -0.2) is 70.3 Å². The molecule has 2 heterocycles. The Kier molecular flexibility index (Phi) is 4.97. The number of rotatable bonds is 1. The minimum atomic E-state index is -0.615. The van der Waals surface area contributed by atoms with E-state index in [1.807, 2.05) is 0 Å². The van der Waals surface area contributed by atoms with Gasteiger partial charge in [-0.25, -0.2) is 4.79 Å². The van der Waals surface area contributed by atoms with Crippen LogP contribution < -0.4 is 5.73 Å². The summed E-state index contributed by atoms with van der Waals surface area (Å²) in [5.41, 5.74) is 5.34. The van der Waals surface area contributed by atoms with Gasteiger partial charge in [0.05, 0.1) is 6.10 Å². The highest BCUT2D eigenvalue weighted by Gasteiger charge is 2.40. The second kappa shape index (κ2) is 6.42. The number of aliphatic hydroxyl groups excluding tert-OH is 1. The van der Waals surface area contributed by atoms with E-state index in [9.17, 15) is 14.7 Å². The maximum atomic E-state index is 12.7. The van der Waals surface area contributed by atoms with E-state index in [4.69, 9.17) is 10.5 Å². The molecule has 0 bridgehead atoms. The molecule has 0 spiro atoms. The summed E-state index contributed by atoms with van der Waals surface area (Å²) in [5, 5.41) is 9.60. The van der Waals surface area contributed by atoms with Gasteiger partial charge in [-0.3, -0.25) is 9.69 Å². The van der Waals surface area contributed by atoms with Gasteiger partial charge in [0.2, 0.25) is 5.91 Å². The first kappa shape index (κ1) is 17.0. The zero-order valence-corrected chi connectivity index (χ0v) is 13.6. The van der Waals surface area contributed by atoms with Crippen LogP contribution in [0.25, 0.3) is 0 Å². The van der Waals surface area contributed by atoms with Crippen molar-refractivity contribution in [2.75, 3.05) is 19.6 Å². The Balaban J connectivity index is 2.09. The second-order valence-corrected chi connectivity index (χ2v) is 7.21. The van der Waals surface area contributed by atoms with Crippen molar-refractivity contribution in [3.8, 4) is 0 Å². The lowest BCUT2D eigenvalue weighted by molar-refractivity contribution is -0.137. The summed E-state index contributed by atoms with van der Waals surface area (Å²) in [4.78, 5) is 28.1. The lowest BCUT2D eigenvalue weighted by atomic mass is 9.98. The molecule has 2 saturated heterocycles. The molecule has 126 valence electrons. The van der Waals surface area contributed by atoms with Crippen molar-refractivity contribution in [3.63, 3.8) is 0 Å². The molecule has 2 aliphatic heterocycles. The Morgan fingerprint density at radius 3 is 2.41 bits per heavy atom. The Morgan fingerprint density at radius 1 is 1.18 bits per heavy atom. The molecule has 0 saturated carbocycles. The van der Waals surface area contributed by atoms with E-state index in [2.05, 4.69) is 0 Å². The van der Waals surface area contributed by atoms with Gasteiger partial charge in [0.1, 0.15) is 11.6 Å². The average molecular weight is 313 g/mol. The van der Waals surface area contributed by atoms with Crippen LogP contribution in [-0.2, 0) is 9.53 Å². The summed E-state index contributed by atoms with van der Waals surface area (Å²) in [6.45, 7) is 6.57. The van der Waals surface area contributed by atoms with E-state index in [1.54, 1.807) is 25.7 Å². The molecular formula is C15H27N3O4. The predicted octanol–water partition coefficient (Wildman–Crippen LogP) is 0.306. The maximum absolute atomic E-state index is 12.7. The molecule has 0 aromatic carbocycles. The first-order valence-electron chi connectivity index (χ1n) is 7.89. The molecule has 0 aromatic heterocycles. The lowest BCUT2D eigenvalue weighted by Crippen LogP contribution is -2.58. The third kappa shape index (κ3) is 4.10. The standard InChI is InChI=1S/C15H27N3O4/c1-15(2,3)22-14(21)18-8-10(16)4-5-12(18)13(20)17-7-6-11(19)9-17/h10-12,19H,4-9,16H2,1-3H3/t10-,11-,12-/m0/s1. The molecular weight excluding hydrogens is 286 g/mol. The number of nitrogens with zero attached hydrogens (tertiary/aromatic N) is 2. The highest BCUT2D eigenvalue weighted by Crippen LogP contribution is 2.23. The van der Waals surface area contributed by atoms with Crippen LogP contribution in [0, 0.1) is 0 Å². The van der Waals surface area contributed by atoms with Crippen molar-refractivity contribution >= 4 is 12.0 Å². The van der Waals surface area contributed by atoms with Crippen molar-refractivity contribution in [2.45, 2.75) is 63.8 Å². The SMILES string of the molecule is CC(C)(C)OC(=O)N1C[C@@H](N)CC[C@H]1C(=O)N1CC[C@H](O)C1. The molecule has 0 aliphatic carbocycles. The van der Waals surface area contributed by atoms with Crippen molar-refractivity contribution in [1.29, 1.82) is 0 Å². The van der Waals surface area contributed by atoms with Crippen LogP contribution in [0.15, 0.2) is 0 Å². The van der Waals surface area contributed by atoms with Gasteiger partial charge < -0.3 is 20.5 Å². The zero-order chi connectivity index (χ0) is 16.5. The molecule has 22 heavy (non-hydrogen) atoms. The van der Waals surface area contributed by atoms with Gasteiger partial charge in [0.25, 0.3) is 0 Å². The van der Waals surface area contributed by atoms with Gasteiger partial charge in [-0.1, -0.05) is 0 Å². The molecule has 2 aliphatic rings. The largest absolute Gasteiger partial charge is 0.444 e. The van der Waals surface area contributed by atoms with Gasteiger partial charge in [-0.15, -0.1) is 0 Å². The van der Waals surface area contributed by atoms with Gasteiger partial charge in [0.15, 0.2) is 0 Å². The van der Waals surface area contributed by atoms with E-state index in [0.29, 0.717) is 38.9 Å². The highest BCUT2D eigenvalue weighted by atomic mass is 16.6. The Hall–Kier alpha value is -1.34. The Morgan fingerprint density at radius 2 is 1.86 bits per heavy atom. The fourth-order valence-electron chi connectivity index (χ4n) is 2.93. The van der Waals surface area contributed by atoms with Crippen molar-refractivity contribution < 1.29 is 19.4 Å². The average Bonchev–Trinajstić information content (AvgIpc) is 2.82. The predicted molar refractivity (Wildman–Crippen MR) is 81.1 cm³/mol. The van der Waals surface area contributed by atoms with Gasteiger partial charge in [-0.2, -0.15) is 0 Å². The fourth-order valence-corrected chi connectivity index (χ4v) is 2.93. The summed E-state index contributed by atoms with van der Waals surface area (Å²) < 4.78 is 5.40. The molecule has 0 radical (unpaired) electrons. The number of ether oxygens (including phenoxy) is 1. The maximum Gasteiger partial charge on any atom is 0.411 e. The molecule has 7 nitrogen and oxygen atoms in total. The Labute approximate surface area is 131 Å². The quantitative estimate of drug-likeness (QED) is 0.726. The molecule has 3 atom stereocenters. The second-order valence-electron chi connectivity index (χ2n) is 7.21. The van der Waals surface area contributed by atoms with Crippen LogP contribution in [0.1, 0.15) is 40.0 Å². The van der Waals surface area contributed by atoms with Crippen LogP contribution in [0.2, 0.25) is 0 Å². The normalized spacial score (nSPS) is 29.6. The third-order valence-corrected chi connectivity index (χ3v) is 4.01. The molecule has 2 amide bonds. The smallest absolute Gasteiger partial charge is 0.411 e. The highest BCUT2D eigenvalue weighted by molar-refractivity contribution is 5.86. The monoisotopic (exact) mass is 313 g/mol. The van der Waals surface area contributed by atoms with Crippen molar-refractivity contribution in [3.05, 3.63) is 0 Å². The zero-order valence-electron chi connectivity index (χ0n) is 13.6. The molecule has 0 unspecified atom stereocenters. The fraction of sp³-hybridized carbons (Fsp3) is 0.867. The minimum absolute atomic E-state index is 0.116. The number of hydrogen-bond acceptors (Lipinski definition) is 5. The van der Waals surface area contributed by atoms with Crippen LogP contribution >= 0.6 is 0 Å². The summed E-state index contributed by atoms with van der Waals surface area (Å²) in [6, 6.07) is -0.680. The topological polar surface area (TPSA) is 96.1 Å². The number of aliphatic hydroxyl groups is 1. The van der Waals surface area contributed by atoms with E-state index >= 15 is 0 Å². The number of carbonyl (C=O) groups excluding carboxylic acids is 2. The first-order valence-corrected chi connectivity index (χ1v) is 7.89. The molecule has 2 rings (SSSR count). The van der Waals surface area contributed by atoms with Gasteiger partial charge >= 0.3 is 6.09 Å². The molecule has 0 aromatic rings. The third-order valence-electron chi connectivity index (χ3n) is 4.01. The number of hydrogen-bond donors (Lipinski definition) is 2. The summed E-state index contributed by atoms with van der Waals surface area (Å²) in [7, 11) is 0. The molecule has 7 heteroatoms. The number of carbonyl (C=O) groups is 2. The van der Waals surface area contributed by atoms with Crippen LogP contribution in [0.5, 0.6) is 0 Å². The first-order chi connectivity index (χ1) is 10.2. The molecule has 3 N–H and O–H groups in total. The summed E-state index contributed by atoms with van der Waals surface area (Å²) in [5.74, 6) is -0.116. The van der Waals surface area contributed by atoms with Crippen molar-refractivity contribution in [2.24, 2.45) is 5.73 Å². The van der Waals surface area contributed by atoms with E-state index in [-0.39, 0.29) is 11.9 Å².